The molecule has 3 rings (SSSR count). The lowest BCUT2D eigenvalue weighted by atomic mass is 9.90. The lowest BCUT2D eigenvalue weighted by molar-refractivity contribution is 0.0523. The standard InChI is InChI=1S/C30H38N2O3/c1-20(2)17-27-25(18-31-29(33)35-30(5,6)7)28(23-15-13-21(3)14-16-23)26(22(4)32-27)19-34-24-11-9-8-10-12-24/h8-16,20H,17-19H2,1-7H3,(H,31,33). The van der Waals surface area contributed by atoms with Crippen LogP contribution >= 0.6 is 0 Å². The molecular formula is C30H38N2O3. The molecule has 0 aliphatic heterocycles. The molecule has 0 saturated carbocycles. The number of pyridine rings is 1. The van der Waals surface area contributed by atoms with Gasteiger partial charge in [-0.1, -0.05) is 61.9 Å². The van der Waals surface area contributed by atoms with Gasteiger partial charge in [-0.05, 0) is 70.2 Å². The van der Waals surface area contributed by atoms with Gasteiger partial charge in [0.25, 0.3) is 0 Å². The van der Waals surface area contributed by atoms with Gasteiger partial charge in [-0.2, -0.15) is 0 Å². The van der Waals surface area contributed by atoms with Crippen molar-refractivity contribution in [3.63, 3.8) is 0 Å². The van der Waals surface area contributed by atoms with E-state index in [0.717, 1.165) is 45.8 Å². The third-order valence-corrected chi connectivity index (χ3v) is 5.57. The van der Waals surface area contributed by atoms with Crippen molar-refractivity contribution < 1.29 is 14.3 Å². The molecule has 5 heteroatoms. The van der Waals surface area contributed by atoms with Gasteiger partial charge in [-0.25, -0.2) is 4.79 Å². The highest BCUT2D eigenvalue weighted by atomic mass is 16.6. The predicted octanol–water partition coefficient (Wildman–Crippen LogP) is 7.17. The normalized spacial score (nSPS) is 11.4. The number of rotatable bonds is 8. The van der Waals surface area contributed by atoms with Crippen LogP contribution in [-0.2, 0) is 24.3 Å². The molecule has 3 aromatic rings. The number of para-hydroxylation sites is 1. The second-order valence-corrected chi connectivity index (χ2v) is 10.4. The van der Waals surface area contributed by atoms with Gasteiger partial charge in [0.15, 0.2) is 0 Å². The van der Waals surface area contributed by atoms with E-state index in [1.54, 1.807) is 0 Å². The Bertz CT molecular complexity index is 1130. The summed E-state index contributed by atoms with van der Waals surface area (Å²) in [7, 11) is 0. The molecule has 0 aliphatic rings. The summed E-state index contributed by atoms with van der Waals surface area (Å²) < 4.78 is 11.7. The molecule has 35 heavy (non-hydrogen) atoms. The lowest BCUT2D eigenvalue weighted by Crippen LogP contribution is -2.32. The van der Waals surface area contributed by atoms with E-state index in [4.69, 9.17) is 14.5 Å². The van der Waals surface area contributed by atoms with Gasteiger partial charge in [0.1, 0.15) is 18.0 Å². The number of ether oxygens (including phenoxy) is 2. The summed E-state index contributed by atoms with van der Waals surface area (Å²) in [6, 6.07) is 18.3. The first-order valence-corrected chi connectivity index (χ1v) is 12.3. The van der Waals surface area contributed by atoms with E-state index >= 15 is 0 Å². The van der Waals surface area contributed by atoms with Crippen LogP contribution in [0.4, 0.5) is 4.79 Å². The first-order chi connectivity index (χ1) is 16.5. The number of aryl methyl sites for hydroxylation is 2. The molecule has 1 N–H and O–H groups in total. The van der Waals surface area contributed by atoms with Crippen molar-refractivity contribution in [1.29, 1.82) is 0 Å². The SMILES string of the molecule is Cc1ccc(-c2c(COc3ccccc3)c(C)nc(CC(C)C)c2CNC(=O)OC(C)(C)C)cc1. The Labute approximate surface area is 209 Å². The Morgan fingerprint density at radius 2 is 1.63 bits per heavy atom. The van der Waals surface area contributed by atoms with Gasteiger partial charge in [0.05, 0.1) is 0 Å². The maximum atomic E-state index is 12.5. The molecule has 1 amide bonds. The molecule has 0 atom stereocenters. The molecule has 1 aromatic heterocycles. The number of hydrogen-bond acceptors (Lipinski definition) is 4. The summed E-state index contributed by atoms with van der Waals surface area (Å²) in [5.41, 5.74) is 6.74. The van der Waals surface area contributed by atoms with Crippen molar-refractivity contribution in [2.75, 3.05) is 0 Å². The number of aromatic nitrogens is 1. The maximum Gasteiger partial charge on any atom is 0.407 e. The summed E-state index contributed by atoms with van der Waals surface area (Å²) in [5, 5.41) is 2.97. The fraction of sp³-hybridized carbons (Fsp3) is 0.400. The molecule has 1 heterocycles. The number of amides is 1. The number of nitrogens with one attached hydrogen (secondary N) is 1. The Kier molecular flexibility index (Phi) is 8.55. The van der Waals surface area contributed by atoms with Crippen LogP contribution in [0.3, 0.4) is 0 Å². The van der Waals surface area contributed by atoms with Crippen LogP contribution in [-0.4, -0.2) is 16.7 Å². The van der Waals surface area contributed by atoms with Gasteiger partial charge < -0.3 is 14.8 Å². The zero-order valence-corrected chi connectivity index (χ0v) is 22.1. The molecule has 0 spiro atoms. The van der Waals surface area contributed by atoms with E-state index in [0.29, 0.717) is 19.1 Å². The van der Waals surface area contributed by atoms with Gasteiger partial charge in [-0.3, -0.25) is 4.98 Å². The smallest absolute Gasteiger partial charge is 0.407 e. The van der Waals surface area contributed by atoms with Crippen molar-refractivity contribution >= 4 is 6.09 Å². The number of carbonyl (C=O) groups is 1. The highest BCUT2D eigenvalue weighted by molar-refractivity contribution is 5.74. The third-order valence-electron chi connectivity index (χ3n) is 5.57. The Morgan fingerprint density at radius 1 is 0.971 bits per heavy atom. The fourth-order valence-corrected chi connectivity index (χ4v) is 3.98. The number of benzene rings is 2. The van der Waals surface area contributed by atoms with Gasteiger partial charge >= 0.3 is 6.09 Å². The van der Waals surface area contributed by atoms with Crippen molar-refractivity contribution in [1.82, 2.24) is 10.3 Å². The monoisotopic (exact) mass is 474 g/mol. The average Bonchev–Trinajstić information content (AvgIpc) is 2.77. The molecule has 0 fully saturated rings. The Morgan fingerprint density at radius 3 is 2.23 bits per heavy atom. The van der Waals surface area contributed by atoms with Crippen molar-refractivity contribution in [2.24, 2.45) is 5.92 Å². The quantitative estimate of drug-likeness (QED) is 0.376. The van der Waals surface area contributed by atoms with E-state index in [9.17, 15) is 4.79 Å². The van der Waals surface area contributed by atoms with Gasteiger partial charge in [-0.15, -0.1) is 0 Å². The van der Waals surface area contributed by atoms with E-state index < -0.39 is 11.7 Å². The molecule has 0 aliphatic carbocycles. The van der Waals surface area contributed by atoms with Crippen LogP contribution in [0.1, 0.15) is 62.7 Å². The zero-order chi connectivity index (χ0) is 25.6. The second kappa shape index (κ2) is 11.4. The predicted molar refractivity (Wildman–Crippen MR) is 142 cm³/mol. The largest absolute Gasteiger partial charge is 0.489 e. The van der Waals surface area contributed by atoms with E-state index in [1.165, 1.54) is 5.56 Å². The van der Waals surface area contributed by atoms with Crippen molar-refractivity contribution in [3.8, 4) is 16.9 Å². The van der Waals surface area contributed by atoms with Crippen LogP contribution in [0.25, 0.3) is 11.1 Å². The van der Waals surface area contributed by atoms with Crippen LogP contribution in [0.15, 0.2) is 54.6 Å². The number of nitrogens with zero attached hydrogens (tertiary/aromatic N) is 1. The summed E-state index contributed by atoms with van der Waals surface area (Å²) in [4.78, 5) is 17.6. The Balaban J connectivity index is 2.10. The highest BCUT2D eigenvalue weighted by Crippen LogP contribution is 2.33. The number of alkyl carbamates (subject to hydrolysis) is 1. The number of hydrogen-bond donors (Lipinski definition) is 1. The molecule has 0 bridgehead atoms. The lowest BCUT2D eigenvalue weighted by Gasteiger charge is -2.24. The molecule has 2 aromatic carbocycles. The summed E-state index contributed by atoms with van der Waals surface area (Å²) in [6.07, 6.45) is 0.371. The first kappa shape index (κ1) is 26.3. The average molecular weight is 475 g/mol. The number of carbonyl (C=O) groups excluding carboxylic acids is 1. The maximum absolute atomic E-state index is 12.5. The molecular weight excluding hydrogens is 436 g/mol. The Hall–Kier alpha value is -3.34. The second-order valence-electron chi connectivity index (χ2n) is 10.4. The van der Waals surface area contributed by atoms with Gasteiger partial charge in [0, 0.05) is 29.1 Å². The minimum absolute atomic E-state index is 0.325. The van der Waals surface area contributed by atoms with E-state index in [2.05, 4.69) is 50.4 Å². The van der Waals surface area contributed by atoms with E-state index in [-0.39, 0.29) is 0 Å². The summed E-state index contributed by atoms with van der Waals surface area (Å²) >= 11 is 0. The van der Waals surface area contributed by atoms with Gasteiger partial charge in [0.2, 0.25) is 0 Å². The third kappa shape index (κ3) is 7.57. The van der Waals surface area contributed by atoms with Crippen LogP contribution in [0.5, 0.6) is 5.75 Å². The van der Waals surface area contributed by atoms with Crippen molar-refractivity contribution in [2.45, 2.75) is 73.6 Å². The van der Waals surface area contributed by atoms with E-state index in [1.807, 2.05) is 58.0 Å². The van der Waals surface area contributed by atoms with Crippen molar-refractivity contribution in [3.05, 3.63) is 82.7 Å². The molecule has 0 unspecified atom stereocenters. The fourth-order valence-electron chi connectivity index (χ4n) is 3.98. The van der Waals surface area contributed by atoms with Crippen LogP contribution in [0, 0.1) is 19.8 Å². The molecule has 0 radical (unpaired) electrons. The minimum atomic E-state index is -0.565. The molecule has 0 saturated heterocycles. The summed E-state index contributed by atoms with van der Waals surface area (Å²) in [6.45, 7) is 14.8. The first-order valence-electron chi connectivity index (χ1n) is 12.3. The topological polar surface area (TPSA) is 60.5 Å². The molecule has 5 nitrogen and oxygen atoms in total. The van der Waals surface area contributed by atoms with Crippen LogP contribution in [0.2, 0.25) is 0 Å². The van der Waals surface area contributed by atoms with Crippen LogP contribution < -0.4 is 10.1 Å². The minimum Gasteiger partial charge on any atom is -0.489 e. The molecule has 186 valence electrons. The highest BCUT2D eigenvalue weighted by Gasteiger charge is 2.22. The zero-order valence-electron chi connectivity index (χ0n) is 22.1. The summed E-state index contributed by atoms with van der Waals surface area (Å²) in [5.74, 6) is 1.22.